The first-order valence-corrected chi connectivity index (χ1v) is 9.88. The number of benzene rings is 2. The maximum Gasteiger partial charge on any atom is 0.177 e. The van der Waals surface area contributed by atoms with E-state index in [-0.39, 0.29) is 22.8 Å². The first-order valence-electron chi connectivity index (χ1n) is 9.50. The third-order valence-corrected chi connectivity index (χ3v) is 6.40. The van der Waals surface area contributed by atoms with Crippen LogP contribution < -0.4 is 4.74 Å². The Balaban J connectivity index is 0.00000180. The number of Topliss-reactive ketones (excluding diaryl/α,β-unsaturated/α-hetero) is 1. The van der Waals surface area contributed by atoms with Gasteiger partial charge in [0.15, 0.2) is 5.78 Å². The number of rotatable bonds is 2. The maximum absolute atomic E-state index is 13.7. The molecule has 2 aromatic rings. The predicted molar refractivity (Wildman–Crippen MR) is 113 cm³/mol. The monoisotopic (exact) mass is 447 g/mol. The number of fused-ring (bicyclic) bond motifs is 3. The number of ether oxygens (including phenoxy) is 1. The molecule has 2 aliphatic heterocycles. The van der Waals surface area contributed by atoms with Crippen LogP contribution >= 0.6 is 28.6 Å². The zero-order valence-electron chi connectivity index (χ0n) is 15.1. The Morgan fingerprint density at radius 3 is 2.56 bits per heavy atom. The van der Waals surface area contributed by atoms with Crippen LogP contribution in [-0.4, -0.2) is 30.3 Å². The van der Waals surface area contributed by atoms with Gasteiger partial charge in [0.25, 0.3) is 0 Å². The number of halogens is 2. The van der Waals surface area contributed by atoms with Gasteiger partial charge in [-0.25, -0.2) is 0 Å². The molecular formula is C22H23BrClNO2. The molecule has 2 aromatic carbocycles. The van der Waals surface area contributed by atoms with Crippen molar-refractivity contribution >= 4 is 34.4 Å². The molecule has 0 amide bonds. The molecule has 2 fully saturated rings. The van der Waals surface area contributed by atoms with E-state index in [2.05, 4.69) is 11.0 Å². The van der Waals surface area contributed by atoms with Crippen molar-refractivity contribution in [3.05, 3.63) is 58.6 Å². The summed E-state index contributed by atoms with van der Waals surface area (Å²) < 4.78 is 6.16. The molecular weight excluding hydrogens is 426 g/mol. The van der Waals surface area contributed by atoms with Crippen molar-refractivity contribution < 1.29 is 9.53 Å². The summed E-state index contributed by atoms with van der Waals surface area (Å²) in [7, 11) is 0. The lowest BCUT2D eigenvalue weighted by molar-refractivity contribution is 0.0768. The van der Waals surface area contributed by atoms with E-state index in [0.717, 1.165) is 43.2 Å². The molecule has 0 N–H and O–H groups in total. The van der Waals surface area contributed by atoms with Crippen LogP contribution in [-0.2, 0) is 5.41 Å². The van der Waals surface area contributed by atoms with Gasteiger partial charge in [0.05, 0.1) is 11.0 Å². The Morgan fingerprint density at radius 1 is 1.07 bits per heavy atom. The molecule has 5 heteroatoms. The van der Waals surface area contributed by atoms with E-state index in [1.165, 1.54) is 19.4 Å². The molecule has 1 aliphatic carbocycles. The van der Waals surface area contributed by atoms with E-state index in [1.54, 1.807) is 12.1 Å². The molecule has 0 unspecified atom stereocenters. The second-order valence-corrected chi connectivity index (χ2v) is 8.33. The largest absolute Gasteiger partial charge is 0.456 e. The van der Waals surface area contributed by atoms with Crippen molar-refractivity contribution in [1.82, 2.24) is 4.90 Å². The van der Waals surface area contributed by atoms with Gasteiger partial charge in [-0.1, -0.05) is 29.8 Å². The van der Waals surface area contributed by atoms with Crippen LogP contribution in [0.3, 0.4) is 0 Å². The number of nitrogens with zero attached hydrogens (tertiary/aromatic N) is 1. The highest BCUT2D eigenvalue weighted by molar-refractivity contribution is 8.93. The fourth-order valence-corrected chi connectivity index (χ4v) is 4.67. The molecule has 0 radical (unpaired) electrons. The summed E-state index contributed by atoms with van der Waals surface area (Å²) >= 11 is 6.21. The predicted octanol–water partition coefficient (Wildman–Crippen LogP) is 5.65. The Labute approximate surface area is 175 Å². The Hall–Kier alpha value is -1.36. The molecule has 27 heavy (non-hydrogen) atoms. The smallest absolute Gasteiger partial charge is 0.177 e. The molecule has 142 valence electrons. The van der Waals surface area contributed by atoms with Crippen molar-refractivity contribution in [2.45, 2.75) is 31.1 Å². The van der Waals surface area contributed by atoms with Crippen LogP contribution in [0.25, 0.3) is 0 Å². The number of carbonyl (C=O) groups excluding carboxylic acids is 1. The highest BCUT2D eigenvalue weighted by Crippen LogP contribution is 2.48. The van der Waals surface area contributed by atoms with Gasteiger partial charge in [0.1, 0.15) is 11.5 Å². The van der Waals surface area contributed by atoms with Gasteiger partial charge in [-0.3, -0.25) is 4.79 Å². The van der Waals surface area contributed by atoms with Crippen LogP contribution in [0.1, 0.15) is 41.6 Å². The molecule has 0 bridgehead atoms. The van der Waals surface area contributed by atoms with Crippen molar-refractivity contribution in [2.75, 3.05) is 19.6 Å². The first-order chi connectivity index (χ1) is 12.7. The van der Waals surface area contributed by atoms with Crippen molar-refractivity contribution in [2.24, 2.45) is 5.92 Å². The molecule has 0 atom stereocenters. The summed E-state index contributed by atoms with van der Waals surface area (Å²) in [5.74, 6) is 2.46. The molecule has 5 rings (SSSR count). The van der Waals surface area contributed by atoms with Crippen LogP contribution in [0.15, 0.2) is 42.5 Å². The van der Waals surface area contributed by atoms with E-state index in [9.17, 15) is 4.79 Å². The molecule has 3 nitrogen and oxygen atoms in total. The van der Waals surface area contributed by atoms with Gasteiger partial charge >= 0.3 is 0 Å². The minimum absolute atomic E-state index is 0. The van der Waals surface area contributed by atoms with Crippen molar-refractivity contribution in [3.8, 4) is 11.5 Å². The van der Waals surface area contributed by atoms with Crippen LogP contribution in [0.2, 0.25) is 5.02 Å². The standard InChI is InChI=1S/C22H22ClNO2.BrH/c23-16-7-8-19-17(13-16)21(25)22(18-3-1-2-4-20(18)26-19)9-11-24(12-10-22)14-15-5-6-15;/h1-4,7-8,13,15H,5-6,9-12,14H2;1H. The van der Waals surface area contributed by atoms with E-state index in [0.29, 0.717) is 16.3 Å². The van der Waals surface area contributed by atoms with E-state index in [4.69, 9.17) is 16.3 Å². The van der Waals surface area contributed by atoms with Gasteiger partial charge in [-0.05, 0) is 69.0 Å². The normalized spacial score (nSPS) is 20.9. The third kappa shape index (κ3) is 3.32. The van der Waals surface area contributed by atoms with Crippen molar-refractivity contribution in [3.63, 3.8) is 0 Å². The molecule has 0 aromatic heterocycles. The Morgan fingerprint density at radius 2 is 1.81 bits per heavy atom. The number of likely N-dealkylation sites (tertiary alicyclic amines) is 1. The summed E-state index contributed by atoms with van der Waals surface area (Å²) in [6.45, 7) is 3.11. The van der Waals surface area contributed by atoms with E-state index in [1.807, 2.05) is 24.3 Å². The number of para-hydroxylation sites is 1. The van der Waals surface area contributed by atoms with Crippen LogP contribution in [0.5, 0.6) is 11.5 Å². The summed E-state index contributed by atoms with van der Waals surface area (Å²) in [6, 6.07) is 13.4. The summed E-state index contributed by atoms with van der Waals surface area (Å²) in [5.41, 5.74) is 1.14. The van der Waals surface area contributed by atoms with Gasteiger partial charge in [0, 0.05) is 17.1 Å². The maximum atomic E-state index is 13.7. The minimum atomic E-state index is -0.507. The topological polar surface area (TPSA) is 29.5 Å². The fourth-order valence-electron chi connectivity index (χ4n) is 4.50. The second kappa shape index (κ2) is 7.23. The first kappa shape index (κ1) is 19.0. The highest BCUT2D eigenvalue weighted by atomic mass is 79.9. The summed E-state index contributed by atoms with van der Waals surface area (Å²) in [4.78, 5) is 16.2. The molecule has 1 saturated heterocycles. The van der Waals surface area contributed by atoms with Gasteiger partial charge < -0.3 is 9.64 Å². The Bertz CT molecular complexity index is 872. The highest BCUT2D eigenvalue weighted by Gasteiger charge is 2.47. The quantitative estimate of drug-likeness (QED) is 0.594. The molecule has 1 saturated carbocycles. The third-order valence-electron chi connectivity index (χ3n) is 6.17. The SMILES string of the molecule is Br.O=C1c2cc(Cl)ccc2Oc2ccccc2C12CCN(CC1CC1)CC2. The zero-order valence-corrected chi connectivity index (χ0v) is 17.6. The number of hydrogen-bond donors (Lipinski definition) is 0. The number of piperidine rings is 1. The lowest BCUT2D eigenvalue weighted by Crippen LogP contribution is -2.47. The number of carbonyl (C=O) groups is 1. The lowest BCUT2D eigenvalue weighted by atomic mass is 9.68. The zero-order chi connectivity index (χ0) is 17.7. The molecule has 2 heterocycles. The minimum Gasteiger partial charge on any atom is -0.456 e. The van der Waals surface area contributed by atoms with E-state index >= 15 is 0 Å². The molecule has 1 spiro atoms. The number of hydrogen-bond acceptors (Lipinski definition) is 3. The van der Waals surface area contributed by atoms with Gasteiger partial charge in [-0.2, -0.15) is 0 Å². The Kier molecular flexibility index (Phi) is 5.08. The van der Waals surface area contributed by atoms with Crippen LogP contribution in [0.4, 0.5) is 0 Å². The molecule has 3 aliphatic rings. The number of ketones is 1. The van der Waals surface area contributed by atoms with Gasteiger partial charge in [0.2, 0.25) is 0 Å². The van der Waals surface area contributed by atoms with Gasteiger partial charge in [-0.15, -0.1) is 17.0 Å². The average Bonchev–Trinajstić information content (AvgIpc) is 3.48. The van der Waals surface area contributed by atoms with Crippen LogP contribution in [0, 0.1) is 5.92 Å². The summed E-state index contributed by atoms with van der Waals surface area (Å²) in [6.07, 6.45) is 4.40. The average molecular weight is 449 g/mol. The second-order valence-electron chi connectivity index (χ2n) is 7.89. The summed E-state index contributed by atoms with van der Waals surface area (Å²) in [5, 5.41) is 0.577. The lowest BCUT2D eigenvalue weighted by Gasteiger charge is -2.40. The van der Waals surface area contributed by atoms with Crippen molar-refractivity contribution in [1.29, 1.82) is 0 Å². The fraction of sp³-hybridized carbons (Fsp3) is 0.409. The van der Waals surface area contributed by atoms with E-state index < -0.39 is 5.41 Å².